The van der Waals surface area contributed by atoms with Gasteiger partial charge >= 0.3 is 0 Å². The van der Waals surface area contributed by atoms with Crippen molar-refractivity contribution in [1.82, 2.24) is 14.7 Å². The Bertz CT molecular complexity index is 1080. The van der Waals surface area contributed by atoms with Crippen LogP contribution in [0.1, 0.15) is 27.2 Å². The molecule has 7 nitrogen and oxygen atoms in total. The maximum absolute atomic E-state index is 13.6. The number of ether oxygens (including phenoxy) is 1. The molecule has 4 rings (SSSR count). The molecule has 0 spiro atoms. The van der Waals surface area contributed by atoms with Gasteiger partial charge in [0.05, 0.1) is 26.0 Å². The Morgan fingerprint density at radius 1 is 0.889 bits per heavy atom. The molecule has 0 aliphatic carbocycles. The highest BCUT2D eigenvalue weighted by molar-refractivity contribution is 5.96. The molecule has 2 aromatic carbocycles. The normalized spacial score (nSPS) is 13.9. The number of nitrogens with zero attached hydrogens (tertiary/aromatic N) is 3. The molecule has 7 heteroatoms. The van der Waals surface area contributed by atoms with Gasteiger partial charge in [-0.05, 0) is 43.2 Å². The summed E-state index contributed by atoms with van der Waals surface area (Å²) in [7, 11) is 0. The van der Waals surface area contributed by atoms with Crippen molar-refractivity contribution in [3.05, 3.63) is 95.4 Å². The van der Waals surface area contributed by atoms with Crippen molar-refractivity contribution in [3.63, 3.8) is 0 Å². The third-order valence-electron chi connectivity index (χ3n) is 6.49. The summed E-state index contributed by atoms with van der Waals surface area (Å²) in [6, 6.07) is 21.3. The monoisotopic (exact) mass is 489 g/mol. The van der Waals surface area contributed by atoms with Gasteiger partial charge in [0.25, 0.3) is 5.91 Å². The second-order valence-corrected chi connectivity index (χ2v) is 9.18. The van der Waals surface area contributed by atoms with Crippen LogP contribution in [0, 0.1) is 6.92 Å². The summed E-state index contributed by atoms with van der Waals surface area (Å²) in [5.74, 6) is 0.503. The predicted octanol–water partition coefficient (Wildman–Crippen LogP) is 3.63. The molecule has 2 heterocycles. The second kappa shape index (κ2) is 13.0. The maximum Gasteiger partial charge on any atom is 0.254 e. The highest BCUT2D eigenvalue weighted by Gasteiger charge is 2.24. The van der Waals surface area contributed by atoms with E-state index in [2.05, 4.69) is 17.0 Å². The molecule has 1 fully saturated rings. The molecule has 1 aliphatic heterocycles. The lowest BCUT2D eigenvalue weighted by atomic mass is 10.1. The molecule has 1 saturated heterocycles. The Hall–Kier alpha value is -3.42. The van der Waals surface area contributed by atoms with Gasteiger partial charge < -0.3 is 19.0 Å². The third kappa shape index (κ3) is 7.54. The van der Waals surface area contributed by atoms with Crippen molar-refractivity contribution in [1.29, 1.82) is 0 Å². The summed E-state index contributed by atoms with van der Waals surface area (Å²) in [4.78, 5) is 32.8. The largest absolute Gasteiger partial charge is 0.467 e. The van der Waals surface area contributed by atoms with E-state index in [1.807, 2.05) is 61.5 Å². The van der Waals surface area contributed by atoms with E-state index in [0.717, 1.165) is 36.4 Å². The van der Waals surface area contributed by atoms with E-state index >= 15 is 0 Å². The van der Waals surface area contributed by atoms with E-state index < -0.39 is 0 Å². The van der Waals surface area contributed by atoms with Crippen LogP contribution >= 0.6 is 0 Å². The van der Waals surface area contributed by atoms with Crippen molar-refractivity contribution < 1.29 is 18.7 Å². The zero-order valence-corrected chi connectivity index (χ0v) is 21.0. The van der Waals surface area contributed by atoms with Crippen LogP contribution in [-0.2, 0) is 22.5 Å². The van der Waals surface area contributed by atoms with Gasteiger partial charge in [0, 0.05) is 38.3 Å². The van der Waals surface area contributed by atoms with Gasteiger partial charge in [0.1, 0.15) is 12.3 Å². The first-order valence-corrected chi connectivity index (χ1v) is 12.6. The lowest BCUT2D eigenvalue weighted by Crippen LogP contribution is -2.47. The SMILES string of the molecule is Cc1ccc(C(=O)N(CCN2CCOCC2)CC(=O)N(CCc2ccccc2)Cc2ccco2)cc1. The number of benzene rings is 2. The van der Waals surface area contributed by atoms with Gasteiger partial charge in [0.15, 0.2) is 0 Å². The highest BCUT2D eigenvalue weighted by Crippen LogP contribution is 2.12. The quantitative estimate of drug-likeness (QED) is 0.412. The van der Waals surface area contributed by atoms with Crippen molar-refractivity contribution in [2.24, 2.45) is 0 Å². The van der Waals surface area contributed by atoms with Crippen LogP contribution < -0.4 is 0 Å². The van der Waals surface area contributed by atoms with Gasteiger partial charge in [-0.1, -0.05) is 48.0 Å². The van der Waals surface area contributed by atoms with E-state index in [4.69, 9.17) is 9.15 Å². The molecule has 0 bridgehead atoms. The van der Waals surface area contributed by atoms with Crippen LogP contribution in [0.5, 0.6) is 0 Å². The topological polar surface area (TPSA) is 66.2 Å². The Morgan fingerprint density at radius 3 is 2.33 bits per heavy atom. The minimum absolute atomic E-state index is 0.0204. The van der Waals surface area contributed by atoms with E-state index in [1.165, 1.54) is 0 Å². The molecular weight excluding hydrogens is 454 g/mol. The molecule has 2 amide bonds. The molecule has 1 aromatic heterocycles. The summed E-state index contributed by atoms with van der Waals surface area (Å²) < 4.78 is 11.0. The van der Waals surface area contributed by atoms with Crippen LogP contribution in [0.4, 0.5) is 0 Å². The third-order valence-corrected chi connectivity index (χ3v) is 6.49. The molecule has 0 N–H and O–H groups in total. The maximum atomic E-state index is 13.6. The van der Waals surface area contributed by atoms with Crippen LogP contribution in [-0.4, -0.2) is 79.0 Å². The number of hydrogen-bond acceptors (Lipinski definition) is 5. The molecule has 0 unspecified atom stereocenters. The van der Waals surface area contributed by atoms with E-state index in [9.17, 15) is 9.59 Å². The summed E-state index contributed by atoms with van der Waals surface area (Å²) in [5, 5.41) is 0. The molecular formula is C29H35N3O4. The first-order chi connectivity index (χ1) is 17.6. The molecule has 0 atom stereocenters. The predicted molar refractivity (Wildman–Crippen MR) is 139 cm³/mol. The van der Waals surface area contributed by atoms with Crippen LogP contribution in [0.2, 0.25) is 0 Å². The van der Waals surface area contributed by atoms with Gasteiger partial charge in [-0.2, -0.15) is 0 Å². The fraction of sp³-hybridized carbons (Fsp3) is 0.379. The molecule has 0 radical (unpaired) electrons. The van der Waals surface area contributed by atoms with Gasteiger partial charge in [-0.3, -0.25) is 14.5 Å². The number of aryl methyl sites for hydroxylation is 1. The molecule has 190 valence electrons. The summed E-state index contributed by atoms with van der Waals surface area (Å²) in [5.41, 5.74) is 2.85. The first kappa shape index (κ1) is 25.7. The molecule has 1 aliphatic rings. The lowest BCUT2D eigenvalue weighted by molar-refractivity contribution is -0.132. The van der Waals surface area contributed by atoms with Crippen molar-refractivity contribution in [2.45, 2.75) is 19.9 Å². The zero-order valence-electron chi connectivity index (χ0n) is 21.0. The Morgan fingerprint density at radius 2 is 1.64 bits per heavy atom. The zero-order chi connectivity index (χ0) is 25.2. The first-order valence-electron chi connectivity index (χ1n) is 12.6. The Balaban J connectivity index is 1.48. The fourth-order valence-corrected chi connectivity index (χ4v) is 4.27. The number of furan rings is 1. The number of rotatable bonds is 11. The fourth-order valence-electron chi connectivity index (χ4n) is 4.27. The lowest BCUT2D eigenvalue weighted by Gasteiger charge is -2.31. The van der Waals surface area contributed by atoms with E-state index in [-0.39, 0.29) is 18.4 Å². The molecule has 3 aromatic rings. The Labute approximate surface area is 213 Å². The Kier molecular flexibility index (Phi) is 9.30. The standard InChI is InChI=1S/C29H35N3O4/c1-24-9-11-26(12-10-24)29(34)32(16-15-30-17-20-35-21-18-30)23-28(33)31(22-27-8-5-19-36-27)14-13-25-6-3-2-4-7-25/h2-12,19H,13-18,20-23H2,1H3. The number of carbonyl (C=O) groups is 2. The van der Waals surface area contributed by atoms with Crippen LogP contribution in [0.15, 0.2) is 77.4 Å². The number of carbonyl (C=O) groups excluding carboxylic acids is 2. The number of amides is 2. The van der Waals surface area contributed by atoms with Gasteiger partial charge in [0.2, 0.25) is 5.91 Å². The minimum atomic E-state index is -0.127. The molecule has 0 saturated carbocycles. The van der Waals surface area contributed by atoms with Crippen LogP contribution in [0.3, 0.4) is 0 Å². The van der Waals surface area contributed by atoms with E-state index in [1.54, 1.807) is 16.1 Å². The summed E-state index contributed by atoms with van der Waals surface area (Å²) >= 11 is 0. The number of morpholine rings is 1. The van der Waals surface area contributed by atoms with Crippen molar-refractivity contribution in [2.75, 3.05) is 52.5 Å². The van der Waals surface area contributed by atoms with Gasteiger partial charge in [-0.15, -0.1) is 0 Å². The van der Waals surface area contributed by atoms with Crippen molar-refractivity contribution >= 4 is 11.8 Å². The highest BCUT2D eigenvalue weighted by atomic mass is 16.5. The average Bonchev–Trinajstić information content (AvgIpc) is 3.43. The smallest absolute Gasteiger partial charge is 0.254 e. The summed E-state index contributed by atoms with van der Waals surface area (Å²) in [6.45, 7) is 7.17. The minimum Gasteiger partial charge on any atom is -0.467 e. The van der Waals surface area contributed by atoms with E-state index in [0.29, 0.717) is 45.0 Å². The summed E-state index contributed by atoms with van der Waals surface area (Å²) in [6.07, 6.45) is 2.34. The second-order valence-electron chi connectivity index (χ2n) is 9.18. The van der Waals surface area contributed by atoms with Crippen molar-refractivity contribution in [3.8, 4) is 0 Å². The molecule has 36 heavy (non-hydrogen) atoms. The number of hydrogen-bond donors (Lipinski definition) is 0. The van der Waals surface area contributed by atoms with Gasteiger partial charge in [-0.25, -0.2) is 0 Å². The van der Waals surface area contributed by atoms with Crippen LogP contribution in [0.25, 0.3) is 0 Å². The average molecular weight is 490 g/mol.